The van der Waals surface area contributed by atoms with E-state index in [2.05, 4.69) is 0 Å². The lowest BCUT2D eigenvalue weighted by molar-refractivity contribution is 0.0199. The zero-order chi connectivity index (χ0) is 13.0. The maximum atomic E-state index is 12.7. The average Bonchev–Trinajstić information content (AvgIpc) is 2.47. The molecule has 2 rings (SSSR count). The van der Waals surface area contributed by atoms with E-state index in [1.165, 1.54) is 0 Å². The van der Waals surface area contributed by atoms with E-state index in [-0.39, 0.29) is 5.78 Å². The highest BCUT2D eigenvalue weighted by Crippen LogP contribution is 2.35. The molecule has 0 spiro atoms. The second-order valence-electron chi connectivity index (χ2n) is 4.63. The summed E-state index contributed by atoms with van der Waals surface area (Å²) < 4.78 is 10.6. The van der Waals surface area contributed by atoms with Gasteiger partial charge in [-0.3, -0.25) is 4.79 Å². The van der Waals surface area contributed by atoms with Gasteiger partial charge in [-0.2, -0.15) is 0 Å². The minimum atomic E-state index is -0.493. The van der Waals surface area contributed by atoms with Gasteiger partial charge in [0.25, 0.3) is 0 Å². The van der Waals surface area contributed by atoms with Crippen molar-refractivity contribution in [2.75, 3.05) is 26.9 Å². The molecule has 0 unspecified atom stereocenters. The van der Waals surface area contributed by atoms with Crippen LogP contribution in [0.3, 0.4) is 0 Å². The van der Waals surface area contributed by atoms with Crippen molar-refractivity contribution in [2.45, 2.75) is 12.8 Å². The molecule has 1 saturated heterocycles. The van der Waals surface area contributed by atoms with Crippen LogP contribution < -0.4 is 10.5 Å². The van der Waals surface area contributed by atoms with Crippen molar-refractivity contribution in [1.82, 2.24) is 0 Å². The summed E-state index contributed by atoms with van der Waals surface area (Å²) in [7, 11) is 1.57. The molecule has 0 radical (unpaired) electrons. The summed E-state index contributed by atoms with van der Waals surface area (Å²) in [6.07, 6.45) is 1.36. The number of Topliss-reactive ketones (excluding diaryl/α,β-unsaturated/α-hetero) is 1. The third-order valence-corrected chi connectivity index (χ3v) is 3.67. The van der Waals surface area contributed by atoms with Gasteiger partial charge in [0.1, 0.15) is 5.75 Å². The molecule has 0 bridgehead atoms. The van der Waals surface area contributed by atoms with E-state index >= 15 is 0 Å². The number of carbonyl (C=O) groups is 1. The molecule has 1 aliphatic heterocycles. The molecule has 2 N–H and O–H groups in total. The number of benzene rings is 1. The lowest BCUT2D eigenvalue weighted by Gasteiger charge is -2.34. The molecule has 4 nitrogen and oxygen atoms in total. The Morgan fingerprint density at radius 3 is 2.67 bits per heavy atom. The highest BCUT2D eigenvalue weighted by molar-refractivity contribution is 6.03. The molecular weight excluding hydrogens is 230 g/mol. The SMILES string of the molecule is COc1ccccc1C(=O)C1(CN)CCOCC1. The standard InChI is InChI=1S/C14H19NO3/c1-17-12-5-3-2-4-11(12)13(16)14(10-15)6-8-18-9-7-14/h2-5H,6-10,15H2,1H3. The van der Waals surface area contributed by atoms with Gasteiger partial charge in [-0.1, -0.05) is 12.1 Å². The number of ether oxygens (including phenoxy) is 2. The van der Waals surface area contributed by atoms with Gasteiger partial charge >= 0.3 is 0 Å². The molecule has 0 saturated carbocycles. The largest absolute Gasteiger partial charge is 0.496 e. The Labute approximate surface area is 107 Å². The molecule has 0 aromatic heterocycles. The lowest BCUT2D eigenvalue weighted by atomic mass is 9.74. The summed E-state index contributed by atoms with van der Waals surface area (Å²) in [6, 6.07) is 7.30. The predicted octanol–water partition coefficient (Wildman–Crippen LogP) is 1.63. The maximum absolute atomic E-state index is 12.7. The van der Waals surface area contributed by atoms with Crippen LogP contribution in [0.15, 0.2) is 24.3 Å². The minimum absolute atomic E-state index is 0.0748. The van der Waals surface area contributed by atoms with Crippen LogP contribution in [0.1, 0.15) is 23.2 Å². The van der Waals surface area contributed by atoms with Gasteiger partial charge < -0.3 is 15.2 Å². The molecule has 1 aromatic rings. The highest BCUT2D eigenvalue weighted by Gasteiger charge is 2.40. The number of para-hydroxylation sites is 1. The molecule has 0 amide bonds. The zero-order valence-electron chi connectivity index (χ0n) is 10.6. The van der Waals surface area contributed by atoms with Crippen molar-refractivity contribution in [3.63, 3.8) is 0 Å². The van der Waals surface area contributed by atoms with E-state index in [4.69, 9.17) is 15.2 Å². The molecule has 0 aliphatic carbocycles. The van der Waals surface area contributed by atoms with Gasteiger partial charge in [0, 0.05) is 19.8 Å². The third kappa shape index (κ3) is 2.26. The quantitative estimate of drug-likeness (QED) is 0.824. The Morgan fingerprint density at radius 2 is 2.06 bits per heavy atom. The van der Waals surface area contributed by atoms with Crippen LogP contribution in [0, 0.1) is 5.41 Å². The smallest absolute Gasteiger partial charge is 0.174 e. The second-order valence-corrected chi connectivity index (χ2v) is 4.63. The normalized spacial score (nSPS) is 18.3. The van der Waals surface area contributed by atoms with Crippen LogP contribution in [0.5, 0.6) is 5.75 Å². The van der Waals surface area contributed by atoms with E-state index in [1.54, 1.807) is 19.2 Å². The minimum Gasteiger partial charge on any atom is -0.496 e. The Morgan fingerprint density at radius 1 is 1.39 bits per heavy atom. The van der Waals surface area contributed by atoms with Crippen molar-refractivity contribution in [3.8, 4) is 5.75 Å². The number of nitrogens with two attached hydrogens (primary N) is 1. The Bertz CT molecular complexity index is 425. The van der Waals surface area contributed by atoms with Crippen molar-refractivity contribution >= 4 is 5.78 Å². The first-order chi connectivity index (χ1) is 8.73. The molecule has 1 fully saturated rings. The number of hydrogen-bond donors (Lipinski definition) is 1. The summed E-state index contributed by atoms with van der Waals surface area (Å²) in [5.74, 6) is 0.688. The fourth-order valence-corrected chi connectivity index (χ4v) is 2.40. The summed E-state index contributed by atoms with van der Waals surface area (Å²) in [5.41, 5.74) is 5.98. The van der Waals surface area contributed by atoms with Gasteiger partial charge in [-0.15, -0.1) is 0 Å². The first kappa shape index (κ1) is 13.1. The molecule has 1 aliphatic rings. The van der Waals surface area contributed by atoms with Crippen LogP contribution in [-0.4, -0.2) is 32.7 Å². The van der Waals surface area contributed by atoms with Crippen LogP contribution >= 0.6 is 0 Å². The number of methoxy groups -OCH3 is 1. The van der Waals surface area contributed by atoms with Crippen LogP contribution in [0.2, 0.25) is 0 Å². The van der Waals surface area contributed by atoms with Crippen LogP contribution in [0.25, 0.3) is 0 Å². The molecule has 98 valence electrons. The van der Waals surface area contributed by atoms with Gasteiger partial charge in [-0.25, -0.2) is 0 Å². The average molecular weight is 249 g/mol. The van der Waals surface area contributed by atoms with E-state index < -0.39 is 5.41 Å². The fraction of sp³-hybridized carbons (Fsp3) is 0.500. The highest BCUT2D eigenvalue weighted by atomic mass is 16.5. The van der Waals surface area contributed by atoms with E-state index in [0.717, 1.165) is 0 Å². The third-order valence-electron chi connectivity index (χ3n) is 3.67. The summed E-state index contributed by atoms with van der Waals surface area (Å²) in [5, 5.41) is 0. The number of ketones is 1. The molecule has 4 heteroatoms. The maximum Gasteiger partial charge on any atom is 0.174 e. The first-order valence-corrected chi connectivity index (χ1v) is 6.19. The monoisotopic (exact) mass is 249 g/mol. The Kier molecular flexibility index (Phi) is 3.99. The number of carbonyl (C=O) groups excluding carboxylic acids is 1. The molecule has 0 atom stereocenters. The van der Waals surface area contributed by atoms with Crippen LogP contribution in [0.4, 0.5) is 0 Å². The van der Waals surface area contributed by atoms with Crippen molar-refractivity contribution in [1.29, 1.82) is 0 Å². The topological polar surface area (TPSA) is 61.5 Å². The van der Waals surface area contributed by atoms with E-state index in [0.29, 0.717) is 43.9 Å². The predicted molar refractivity (Wildman–Crippen MR) is 68.9 cm³/mol. The fourth-order valence-electron chi connectivity index (χ4n) is 2.40. The Balaban J connectivity index is 2.33. The lowest BCUT2D eigenvalue weighted by Crippen LogP contribution is -2.43. The second kappa shape index (κ2) is 5.50. The first-order valence-electron chi connectivity index (χ1n) is 6.19. The van der Waals surface area contributed by atoms with Crippen molar-refractivity contribution in [3.05, 3.63) is 29.8 Å². The summed E-state index contributed by atoms with van der Waals surface area (Å²) in [4.78, 5) is 12.7. The van der Waals surface area contributed by atoms with Gasteiger partial charge in [-0.05, 0) is 25.0 Å². The number of rotatable bonds is 4. The zero-order valence-corrected chi connectivity index (χ0v) is 10.6. The Hall–Kier alpha value is -1.39. The van der Waals surface area contributed by atoms with Crippen molar-refractivity contribution in [2.24, 2.45) is 11.1 Å². The van der Waals surface area contributed by atoms with Gasteiger partial charge in [0.2, 0.25) is 0 Å². The van der Waals surface area contributed by atoms with Crippen molar-refractivity contribution < 1.29 is 14.3 Å². The van der Waals surface area contributed by atoms with Gasteiger partial charge in [0.15, 0.2) is 5.78 Å². The molecule has 1 aromatic carbocycles. The molecule has 1 heterocycles. The van der Waals surface area contributed by atoms with Crippen LogP contribution in [-0.2, 0) is 4.74 Å². The molecule has 18 heavy (non-hydrogen) atoms. The number of hydrogen-bond acceptors (Lipinski definition) is 4. The summed E-state index contributed by atoms with van der Waals surface area (Å²) in [6.45, 7) is 1.55. The summed E-state index contributed by atoms with van der Waals surface area (Å²) >= 11 is 0. The van der Waals surface area contributed by atoms with E-state index in [9.17, 15) is 4.79 Å². The van der Waals surface area contributed by atoms with Gasteiger partial charge in [0.05, 0.1) is 18.1 Å². The van der Waals surface area contributed by atoms with E-state index in [1.807, 2.05) is 12.1 Å². The molecular formula is C14H19NO3.